The maximum Gasteiger partial charge on any atom is 0.0735 e. The molecule has 0 N–H and O–H groups in total. The summed E-state index contributed by atoms with van der Waals surface area (Å²) in [5.74, 6) is 0.421. The highest BCUT2D eigenvalue weighted by molar-refractivity contribution is 6.32. The quantitative estimate of drug-likeness (QED) is 0.696. The molecule has 0 radical (unpaired) electrons. The van der Waals surface area contributed by atoms with E-state index in [2.05, 4.69) is 44.0 Å². The number of para-hydroxylation sites is 1. The van der Waals surface area contributed by atoms with Crippen LogP contribution in [0.4, 0.5) is 0 Å². The summed E-state index contributed by atoms with van der Waals surface area (Å²) in [6.07, 6.45) is 1.76. The smallest absolute Gasteiger partial charge is 0.0735 e. The number of hydrogen-bond donors (Lipinski definition) is 0. The average molecular weight is 220 g/mol. The molecule has 0 aliphatic heterocycles. The van der Waals surface area contributed by atoms with Gasteiger partial charge in [-0.2, -0.15) is 0 Å². The van der Waals surface area contributed by atoms with Crippen LogP contribution in [0.1, 0.15) is 30.9 Å². The van der Waals surface area contributed by atoms with Crippen molar-refractivity contribution in [2.45, 2.75) is 26.7 Å². The Balaban J connectivity index is 2.88. The Labute approximate surface area is 95.1 Å². The number of hydrogen-bond acceptors (Lipinski definition) is 1. The molecule has 0 aliphatic carbocycles. The summed E-state index contributed by atoms with van der Waals surface area (Å²) in [5, 5.41) is 1.95. The summed E-state index contributed by atoms with van der Waals surface area (Å²) >= 11 is 6.19. The summed E-state index contributed by atoms with van der Waals surface area (Å²) in [4.78, 5) is 4.39. The summed E-state index contributed by atoms with van der Waals surface area (Å²) < 4.78 is 0. The second-order valence-corrected chi connectivity index (χ2v) is 4.55. The van der Waals surface area contributed by atoms with E-state index in [0.29, 0.717) is 5.92 Å². The van der Waals surface area contributed by atoms with Crippen LogP contribution in [0.2, 0.25) is 5.02 Å². The van der Waals surface area contributed by atoms with E-state index in [1.807, 2.05) is 0 Å². The Bertz CT molecular complexity index is 503. The zero-order valence-corrected chi connectivity index (χ0v) is 9.97. The molecule has 0 bridgehead atoms. The van der Waals surface area contributed by atoms with Crippen molar-refractivity contribution in [3.63, 3.8) is 0 Å². The number of pyridine rings is 1. The number of aromatic nitrogens is 1. The van der Waals surface area contributed by atoms with Crippen molar-refractivity contribution in [3.8, 4) is 0 Å². The first-order chi connectivity index (χ1) is 7.11. The Hall–Kier alpha value is -1.08. The molecule has 0 fully saturated rings. The van der Waals surface area contributed by atoms with Crippen LogP contribution in [-0.2, 0) is 0 Å². The summed E-state index contributed by atoms with van der Waals surface area (Å²) in [5.41, 5.74) is 3.46. The normalized spacial score (nSPS) is 11.3. The molecule has 0 amide bonds. The maximum atomic E-state index is 6.19. The largest absolute Gasteiger partial charge is 0.254 e. The van der Waals surface area contributed by atoms with E-state index in [0.717, 1.165) is 10.5 Å². The topological polar surface area (TPSA) is 12.9 Å². The van der Waals surface area contributed by atoms with E-state index in [4.69, 9.17) is 11.6 Å². The molecule has 0 unspecified atom stereocenters. The Morgan fingerprint density at radius 2 is 2.00 bits per heavy atom. The van der Waals surface area contributed by atoms with Crippen LogP contribution in [0.15, 0.2) is 24.4 Å². The van der Waals surface area contributed by atoms with Crippen LogP contribution in [0, 0.1) is 6.92 Å². The molecule has 15 heavy (non-hydrogen) atoms. The molecule has 2 rings (SSSR count). The van der Waals surface area contributed by atoms with Crippen molar-refractivity contribution in [1.82, 2.24) is 4.98 Å². The van der Waals surface area contributed by atoms with E-state index >= 15 is 0 Å². The molecule has 0 aliphatic rings. The standard InChI is InChI=1S/C13H14ClN/c1-8(2)12-10-6-4-5-9(3)13(10)15-7-11(12)14/h4-8H,1-3H3. The van der Waals surface area contributed by atoms with Gasteiger partial charge in [-0.3, -0.25) is 4.98 Å². The number of nitrogens with zero attached hydrogens (tertiary/aromatic N) is 1. The van der Waals surface area contributed by atoms with Gasteiger partial charge in [0, 0.05) is 11.6 Å². The van der Waals surface area contributed by atoms with Gasteiger partial charge < -0.3 is 0 Å². The van der Waals surface area contributed by atoms with E-state index in [-0.39, 0.29) is 0 Å². The molecule has 1 aromatic carbocycles. The lowest BCUT2D eigenvalue weighted by atomic mass is 9.97. The van der Waals surface area contributed by atoms with Gasteiger partial charge in [0.1, 0.15) is 0 Å². The van der Waals surface area contributed by atoms with Gasteiger partial charge in [-0.1, -0.05) is 43.6 Å². The number of benzene rings is 1. The SMILES string of the molecule is Cc1cccc2c(C(C)C)c(Cl)cnc12. The van der Waals surface area contributed by atoms with Crippen molar-refractivity contribution in [2.75, 3.05) is 0 Å². The molecule has 2 aromatic rings. The predicted molar refractivity (Wildman–Crippen MR) is 65.6 cm³/mol. The Morgan fingerprint density at radius 1 is 1.27 bits per heavy atom. The van der Waals surface area contributed by atoms with Gasteiger partial charge in [0.15, 0.2) is 0 Å². The molecule has 0 saturated carbocycles. The first kappa shape index (κ1) is 10.4. The lowest BCUT2D eigenvalue weighted by Gasteiger charge is -2.12. The highest BCUT2D eigenvalue weighted by Crippen LogP contribution is 2.31. The van der Waals surface area contributed by atoms with Gasteiger partial charge in [-0.25, -0.2) is 0 Å². The van der Waals surface area contributed by atoms with Crippen molar-refractivity contribution in [1.29, 1.82) is 0 Å². The van der Waals surface area contributed by atoms with Crippen molar-refractivity contribution < 1.29 is 0 Å². The first-order valence-corrected chi connectivity index (χ1v) is 5.52. The molecule has 78 valence electrons. The fourth-order valence-electron chi connectivity index (χ4n) is 1.95. The van der Waals surface area contributed by atoms with E-state index in [1.54, 1.807) is 6.20 Å². The zero-order chi connectivity index (χ0) is 11.0. The van der Waals surface area contributed by atoms with Gasteiger partial charge in [-0.15, -0.1) is 0 Å². The monoisotopic (exact) mass is 219 g/mol. The van der Waals surface area contributed by atoms with Crippen LogP contribution in [0.3, 0.4) is 0 Å². The second kappa shape index (κ2) is 3.82. The summed E-state index contributed by atoms with van der Waals surface area (Å²) in [6, 6.07) is 6.23. The van der Waals surface area contributed by atoms with Crippen molar-refractivity contribution >= 4 is 22.5 Å². The minimum absolute atomic E-state index is 0.421. The Kier molecular flexibility index (Phi) is 2.66. The third-order valence-electron chi connectivity index (χ3n) is 2.67. The lowest BCUT2D eigenvalue weighted by molar-refractivity contribution is 0.874. The predicted octanol–water partition coefficient (Wildman–Crippen LogP) is 4.32. The maximum absolute atomic E-state index is 6.19. The fraction of sp³-hybridized carbons (Fsp3) is 0.308. The summed E-state index contributed by atoms with van der Waals surface area (Å²) in [7, 11) is 0. The molecular weight excluding hydrogens is 206 g/mol. The van der Waals surface area contributed by atoms with E-state index < -0.39 is 0 Å². The average Bonchev–Trinajstić information content (AvgIpc) is 2.17. The molecular formula is C13H14ClN. The van der Waals surface area contributed by atoms with Gasteiger partial charge in [0.25, 0.3) is 0 Å². The molecule has 1 heterocycles. The van der Waals surface area contributed by atoms with Crippen molar-refractivity contribution in [2.24, 2.45) is 0 Å². The molecule has 1 nitrogen and oxygen atoms in total. The van der Waals surface area contributed by atoms with Crippen LogP contribution < -0.4 is 0 Å². The second-order valence-electron chi connectivity index (χ2n) is 4.15. The zero-order valence-electron chi connectivity index (χ0n) is 9.21. The van der Waals surface area contributed by atoms with Gasteiger partial charge >= 0.3 is 0 Å². The van der Waals surface area contributed by atoms with Gasteiger partial charge in [0.2, 0.25) is 0 Å². The molecule has 0 atom stereocenters. The first-order valence-electron chi connectivity index (χ1n) is 5.15. The lowest BCUT2D eigenvalue weighted by Crippen LogP contribution is -1.94. The van der Waals surface area contributed by atoms with Crippen molar-refractivity contribution in [3.05, 3.63) is 40.5 Å². The molecule has 1 aromatic heterocycles. The van der Waals surface area contributed by atoms with Crippen LogP contribution >= 0.6 is 11.6 Å². The highest BCUT2D eigenvalue weighted by Gasteiger charge is 2.11. The number of halogens is 1. The van der Waals surface area contributed by atoms with Crippen LogP contribution in [0.5, 0.6) is 0 Å². The van der Waals surface area contributed by atoms with Crippen LogP contribution in [-0.4, -0.2) is 4.98 Å². The fourth-order valence-corrected chi connectivity index (χ4v) is 2.32. The van der Waals surface area contributed by atoms with Crippen LogP contribution in [0.25, 0.3) is 10.9 Å². The summed E-state index contributed by atoms with van der Waals surface area (Å²) in [6.45, 7) is 6.39. The minimum Gasteiger partial charge on any atom is -0.254 e. The number of rotatable bonds is 1. The third kappa shape index (κ3) is 1.72. The minimum atomic E-state index is 0.421. The highest BCUT2D eigenvalue weighted by atomic mass is 35.5. The molecule has 2 heteroatoms. The number of aryl methyl sites for hydroxylation is 1. The van der Waals surface area contributed by atoms with Gasteiger partial charge in [0.05, 0.1) is 10.5 Å². The molecule has 0 saturated heterocycles. The Morgan fingerprint density at radius 3 is 2.67 bits per heavy atom. The number of fused-ring (bicyclic) bond motifs is 1. The van der Waals surface area contributed by atoms with Gasteiger partial charge in [-0.05, 0) is 24.0 Å². The third-order valence-corrected chi connectivity index (χ3v) is 2.97. The molecule has 0 spiro atoms. The van der Waals surface area contributed by atoms with E-state index in [9.17, 15) is 0 Å². The van der Waals surface area contributed by atoms with E-state index in [1.165, 1.54) is 16.5 Å².